The average Bonchev–Trinajstić information content (AvgIpc) is 3.32. The summed E-state index contributed by atoms with van der Waals surface area (Å²) in [6.45, 7) is 9.37. The van der Waals surface area contributed by atoms with Crippen LogP contribution in [0.4, 0.5) is 11.6 Å². The topological polar surface area (TPSA) is 100 Å². The van der Waals surface area contributed by atoms with Crippen LogP contribution in [-0.4, -0.2) is 32.1 Å². The maximum Gasteiger partial charge on any atom is 0.255 e. The van der Waals surface area contributed by atoms with Crippen molar-refractivity contribution in [3.8, 4) is 23.1 Å². The average molecular weight is 548 g/mol. The van der Waals surface area contributed by atoms with Crippen molar-refractivity contribution in [2.45, 2.75) is 33.2 Å². The predicted molar refractivity (Wildman–Crippen MR) is 159 cm³/mol. The monoisotopic (exact) mass is 547 g/mol. The number of nitrogens with one attached hydrogen (secondary N) is 1. The highest BCUT2D eigenvalue weighted by atomic mass is 35.5. The second kappa shape index (κ2) is 14.6. The van der Waals surface area contributed by atoms with Crippen molar-refractivity contribution in [2.75, 3.05) is 11.6 Å². The van der Waals surface area contributed by atoms with E-state index < -0.39 is 0 Å². The molecule has 10 heteroatoms. The third-order valence-electron chi connectivity index (χ3n) is 4.77. The van der Waals surface area contributed by atoms with E-state index >= 15 is 0 Å². The molecule has 4 rings (SSSR count). The van der Waals surface area contributed by atoms with E-state index in [1.165, 1.54) is 18.0 Å². The van der Waals surface area contributed by atoms with Gasteiger partial charge in [-0.2, -0.15) is 14.8 Å². The molecular weight excluding hydrogens is 518 g/mol. The van der Waals surface area contributed by atoms with Gasteiger partial charge < -0.3 is 10.1 Å². The fourth-order valence-corrected chi connectivity index (χ4v) is 3.87. The molecule has 0 unspecified atom stereocenters. The van der Waals surface area contributed by atoms with E-state index in [1.54, 1.807) is 28.9 Å². The Morgan fingerprint density at radius 2 is 1.84 bits per heavy atom. The number of ether oxygens (including phenoxy) is 1. The van der Waals surface area contributed by atoms with Crippen LogP contribution >= 0.6 is 23.4 Å². The van der Waals surface area contributed by atoms with Crippen molar-refractivity contribution in [1.82, 2.24) is 19.6 Å². The molecule has 0 fully saturated rings. The number of fused-ring (bicyclic) bond motifs is 1. The molecule has 0 saturated heterocycles. The Labute approximate surface area is 232 Å². The number of aliphatic imine (C=N–C) groups is 1. The first-order valence-electron chi connectivity index (χ1n) is 11.4. The van der Waals surface area contributed by atoms with E-state index in [4.69, 9.17) is 16.3 Å². The van der Waals surface area contributed by atoms with Crippen molar-refractivity contribution >= 4 is 47.0 Å². The third kappa shape index (κ3) is 7.22. The molecule has 0 aliphatic heterocycles. The Hall–Kier alpha value is -4.13. The zero-order valence-corrected chi connectivity index (χ0v) is 22.5. The quantitative estimate of drug-likeness (QED) is 0.103. The SMILES string of the molecule is C.C=CN=C/C=C(\C)Oc1ccc(Nc2nc3nc(SC)c(C#N)c(-c4ccc(Cl)cc4)n3n2)cc1.CC. The second-order valence-electron chi connectivity index (χ2n) is 7.12. The number of anilines is 2. The molecule has 0 bridgehead atoms. The zero-order chi connectivity index (χ0) is 26.8. The predicted octanol–water partition coefficient (Wildman–Crippen LogP) is 7.94. The first-order valence-corrected chi connectivity index (χ1v) is 13.0. The van der Waals surface area contributed by atoms with Crippen LogP contribution in [0.25, 0.3) is 17.0 Å². The number of nitrogens with zero attached hydrogens (tertiary/aromatic N) is 6. The van der Waals surface area contributed by atoms with Gasteiger partial charge in [-0.3, -0.25) is 4.99 Å². The number of benzene rings is 2. The summed E-state index contributed by atoms with van der Waals surface area (Å²) in [5.41, 5.74) is 2.58. The summed E-state index contributed by atoms with van der Waals surface area (Å²) in [4.78, 5) is 13.0. The van der Waals surface area contributed by atoms with E-state index in [0.717, 1.165) is 11.3 Å². The minimum absolute atomic E-state index is 0. The third-order valence-corrected chi connectivity index (χ3v) is 5.70. The lowest BCUT2D eigenvalue weighted by Gasteiger charge is -2.09. The number of halogens is 1. The number of rotatable bonds is 8. The molecular formula is C28H30ClN7OS. The Morgan fingerprint density at radius 3 is 2.45 bits per heavy atom. The molecule has 4 aromatic rings. The van der Waals surface area contributed by atoms with Gasteiger partial charge in [0.2, 0.25) is 5.95 Å². The van der Waals surface area contributed by atoms with Crippen LogP contribution in [0.2, 0.25) is 5.02 Å². The number of nitriles is 1. The Morgan fingerprint density at radius 1 is 1.16 bits per heavy atom. The minimum atomic E-state index is 0. The Bertz CT molecular complexity index is 1470. The van der Waals surface area contributed by atoms with Crippen molar-refractivity contribution in [3.63, 3.8) is 0 Å². The van der Waals surface area contributed by atoms with E-state index in [1.807, 2.05) is 63.4 Å². The van der Waals surface area contributed by atoms with Crippen LogP contribution in [0, 0.1) is 11.3 Å². The number of thioether (sulfide) groups is 1. The zero-order valence-electron chi connectivity index (χ0n) is 20.9. The summed E-state index contributed by atoms with van der Waals surface area (Å²) >= 11 is 7.44. The summed E-state index contributed by atoms with van der Waals surface area (Å²) in [6.07, 6.45) is 6.68. The summed E-state index contributed by atoms with van der Waals surface area (Å²) < 4.78 is 7.33. The molecule has 2 aromatic carbocycles. The molecule has 2 heterocycles. The van der Waals surface area contributed by atoms with Crippen molar-refractivity contribution in [2.24, 2.45) is 4.99 Å². The van der Waals surface area contributed by atoms with Crippen LogP contribution in [0.1, 0.15) is 33.8 Å². The largest absolute Gasteiger partial charge is 0.462 e. The maximum atomic E-state index is 9.86. The van der Waals surface area contributed by atoms with Crippen LogP contribution in [0.5, 0.6) is 5.75 Å². The molecule has 196 valence electrons. The lowest BCUT2D eigenvalue weighted by Crippen LogP contribution is -2.03. The van der Waals surface area contributed by atoms with Gasteiger partial charge in [-0.1, -0.05) is 51.6 Å². The first kappa shape index (κ1) is 30.1. The summed E-state index contributed by atoms with van der Waals surface area (Å²) in [7, 11) is 0. The van der Waals surface area contributed by atoms with Gasteiger partial charge in [-0.05, 0) is 55.7 Å². The smallest absolute Gasteiger partial charge is 0.255 e. The Kier molecular flexibility index (Phi) is 11.5. The first-order chi connectivity index (χ1) is 18.0. The maximum absolute atomic E-state index is 9.86. The van der Waals surface area contributed by atoms with Crippen molar-refractivity contribution in [3.05, 3.63) is 83.7 Å². The molecule has 0 radical (unpaired) electrons. The molecule has 0 saturated carbocycles. The molecule has 0 spiro atoms. The fourth-order valence-electron chi connectivity index (χ4n) is 3.22. The van der Waals surface area contributed by atoms with Gasteiger partial charge in [0, 0.05) is 28.7 Å². The van der Waals surface area contributed by atoms with Gasteiger partial charge in [0.05, 0.1) is 5.69 Å². The minimum Gasteiger partial charge on any atom is -0.462 e. The number of hydrogen-bond acceptors (Lipinski definition) is 8. The van der Waals surface area contributed by atoms with Gasteiger partial charge in [-0.25, -0.2) is 4.98 Å². The highest BCUT2D eigenvalue weighted by Gasteiger charge is 2.19. The van der Waals surface area contributed by atoms with Gasteiger partial charge in [0.1, 0.15) is 28.2 Å². The highest BCUT2D eigenvalue weighted by molar-refractivity contribution is 7.98. The van der Waals surface area contributed by atoms with Gasteiger partial charge in [0.15, 0.2) is 0 Å². The van der Waals surface area contributed by atoms with Crippen molar-refractivity contribution < 1.29 is 4.74 Å². The summed E-state index contributed by atoms with van der Waals surface area (Å²) in [6, 6.07) is 16.9. The molecule has 0 aliphatic rings. The lowest BCUT2D eigenvalue weighted by molar-refractivity contribution is 0.429. The molecule has 38 heavy (non-hydrogen) atoms. The van der Waals surface area contributed by atoms with Crippen molar-refractivity contribution in [1.29, 1.82) is 5.26 Å². The number of hydrogen-bond donors (Lipinski definition) is 1. The van der Waals surface area contributed by atoms with Crippen LogP contribution < -0.4 is 10.1 Å². The number of aromatic nitrogens is 4. The molecule has 8 nitrogen and oxygen atoms in total. The van der Waals surface area contributed by atoms with E-state index in [-0.39, 0.29) is 7.43 Å². The molecule has 2 aromatic heterocycles. The molecule has 0 amide bonds. The second-order valence-corrected chi connectivity index (χ2v) is 8.35. The van der Waals surface area contributed by atoms with E-state index in [9.17, 15) is 5.26 Å². The van der Waals surface area contributed by atoms with Crippen LogP contribution in [0.15, 0.2) is 83.2 Å². The van der Waals surface area contributed by atoms with Crippen LogP contribution in [0.3, 0.4) is 0 Å². The molecule has 0 aliphatic carbocycles. The Balaban J connectivity index is 0.00000165. The van der Waals surface area contributed by atoms with Gasteiger partial charge in [0.25, 0.3) is 5.78 Å². The standard InChI is InChI=1S/C25H20ClN7OS.C2H6.CH4/c1-4-28-14-13-16(2)34-20-11-9-19(10-12-20)29-24-31-25-30-23(35-3)21(15-27)22(33(25)32-24)17-5-7-18(26)8-6-17;1-2;/h4-14H,1H2,2-3H3,(H,29,32);1-2H3;1H4/b16-13+,28-14?;;. The summed E-state index contributed by atoms with van der Waals surface area (Å²) in [5.74, 6) is 2.09. The highest BCUT2D eigenvalue weighted by Crippen LogP contribution is 2.31. The van der Waals surface area contributed by atoms with Gasteiger partial charge in [-0.15, -0.1) is 16.9 Å². The lowest BCUT2D eigenvalue weighted by atomic mass is 10.1. The number of allylic oxidation sites excluding steroid dienone is 2. The van der Waals surface area contributed by atoms with Crippen LogP contribution in [-0.2, 0) is 0 Å². The van der Waals surface area contributed by atoms with Gasteiger partial charge >= 0.3 is 0 Å². The normalized spacial score (nSPS) is 10.8. The van der Waals surface area contributed by atoms with E-state index in [2.05, 4.69) is 38.0 Å². The molecule has 0 atom stereocenters. The van der Waals surface area contributed by atoms with E-state index in [0.29, 0.717) is 44.5 Å². The summed E-state index contributed by atoms with van der Waals surface area (Å²) in [5, 5.41) is 18.8. The molecule has 1 N–H and O–H groups in total. The fraction of sp³-hybridized carbons (Fsp3) is 0.179.